The third-order valence-electron chi connectivity index (χ3n) is 3.41. The fraction of sp³-hybridized carbons (Fsp3) is 0.188. The van der Waals surface area contributed by atoms with Crippen LogP contribution in [-0.2, 0) is 0 Å². The number of rotatable bonds is 3. The Kier molecular flexibility index (Phi) is 4.49. The van der Waals surface area contributed by atoms with Gasteiger partial charge in [-0.3, -0.25) is 5.32 Å². The van der Waals surface area contributed by atoms with Gasteiger partial charge in [-0.1, -0.05) is 11.6 Å². The Balaban J connectivity index is 1.78. The van der Waals surface area contributed by atoms with Crippen molar-refractivity contribution < 1.29 is 32.2 Å². The number of methoxy groups -OCH3 is 1. The summed E-state index contributed by atoms with van der Waals surface area (Å²) in [7, 11) is 1.46. The average molecular weight is 389 g/mol. The minimum Gasteiger partial charge on any atom is -0.497 e. The quantitative estimate of drug-likeness (QED) is 0.828. The Morgan fingerprint density at radius 1 is 1.12 bits per heavy atom. The molecule has 10 heteroatoms. The standard InChI is InChI=1S/C16H12ClF3N2O4/c1-24-11-5-3-10(4-6-11)21-14(23)22-16(15(18,19)20)25-12-7-2-9(17)8-13(12)26-16/h2-8H,1H3,(H2,21,22,23)/t16-/m1/s1. The highest BCUT2D eigenvalue weighted by atomic mass is 35.5. The molecule has 2 amide bonds. The maximum atomic E-state index is 13.5. The normalized spacial score (nSPS) is 18.3. The molecule has 2 N–H and O–H groups in total. The van der Waals surface area contributed by atoms with Crippen molar-refractivity contribution in [2.75, 3.05) is 12.4 Å². The minimum atomic E-state index is -5.06. The van der Waals surface area contributed by atoms with E-state index in [2.05, 4.69) is 5.32 Å². The molecule has 138 valence electrons. The molecule has 0 saturated heterocycles. The van der Waals surface area contributed by atoms with E-state index in [1.807, 2.05) is 0 Å². The van der Waals surface area contributed by atoms with Crippen LogP contribution in [0.2, 0.25) is 5.02 Å². The van der Waals surface area contributed by atoms with Crippen LogP contribution in [0.4, 0.5) is 23.7 Å². The van der Waals surface area contributed by atoms with Gasteiger partial charge in [-0.2, -0.15) is 13.2 Å². The molecule has 0 bridgehead atoms. The van der Waals surface area contributed by atoms with Gasteiger partial charge in [0.05, 0.1) is 7.11 Å². The summed E-state index contributed by atoms with van der Waals surface area (Å²) in [5, 5.41) is 4.11. The zero-order chi connectivity index (χ0) is 18.9. The van der Waals surface area contributed by atoms with E-state index in [0.717, 1.165) is 6.07 Å². The van der Waals surface area contributed by atoms with Crippen molar-refractivity contribution in [3.63, 3.8) is 0 Å². The first-order chi connectivity index (χ1) is 12.2. The highest BCUT2D eigenvalue weighted by Gasteiger charge is 2.65. The Bertz CT molecular complexity index is 829. The highest BCUT2D eigenvalue weighted by molar-refractivity contribution is 6.30. The van der Waals surface area contributed by atoms with Gasteiger partial charge >= 0.3 is 18.1 Å². The molecule has 0 spiro atoms. The average Bonchev–Trinajstić information content (AvgIpc) is 2.93. The Hall–Kier alpha value is -2.81. The Labute approximate surface area is 150 Å². The van der Waals surface area contributed by atoms with E-state index < -0.39 is 18.1 Å². The number of ether oxygens (including phenoxy) is 3. The molecule has 1 aliphatic heterocycles. The van der Waals surface area contributed by atoms with Gasteiger partial charge in [-0.05, 0) is 36.4 Å². The molecule has 1 aliphatic rings. The maximum Gasteiger partial charge on any atom is 0.492 e. The number of halogens is 4. The van der Waals surface area contributed by atoms with Crippen LogP contribution >= 0.6 is 11.6 Å². The molecule has 0 aliphatic carbocycles. The molecule has 0 unspecified atom stereocenters. The number of fused-ring (bicyclic) bond motifs is 1. The van der Waals surface area contributed by atoms with Gasteiger partial charge < -0.3 is 19.5 Å². The van der Waals surface area contributed by atoms with E-state index in [-0.39, 0.29) is 22.2 Å². The third kappa shape index (κ3) is 3.43. The first kappa shape index (κ1) is 18.0. The van der Waals surface area contributed by atoms with Gasteiger partial charge in [0.25, 0.3) is 0 Å². The molecule has 0 saturated carbocycles. The molecule has 1 heterocycles. The molecule has 0 aromatic heterocycles. The van der Waals surface area contributed by atoms with Crippen LogP contribution in [0.3, 0.4) is 0 Å². The van der Waals surface area contributed by atoms with E-state index in [1.165, 1.54) is 43.5 Å². The zero-order valence-corrected chi connectivity index (χ0v) is 13.9. The van der Waals surface area contributed by atoms with E-state index in [9.17, 15) is 18.0 Å². The van der Waals surface area contributed by atoms with Crippen molar-refractivity contribution in [1.29, 1.82) is 0 Å². The van der Waals surface area contributed by atoms with Crippen LogP contribution in [0.15, 0.2) is 42.5 Å². The Morgan fingerprint density at radius 3 is 2.38 bits per heavy atom. The molecule has 0 radical (unpaired) electrons. The van der Waals surface area contributed by atoms with Crippen molar-refractivity contribution in [2.24, 2.45) is 0 Å². The largest absolute Gasteiger partial charge is 0.497 e. The summed E-state index contributed by atoms with van der Waals surface area (Å²) in [6, 6.07) is 8.54. The first-order valence-electron chi connectivity index (χ1n) is 7.20. The summed E-state index contributed by atoms with van der Waals surface area (Å²) in [6.45, 7) is 0. The van der Waals surface area contributed by atoms with Gasteiger partial charge in [-0.25, -0.2) is 4.79 Å². The summed E-state index contributed by atoms with van der Waals surface area (Å²) in [5.74, 6) is -3.27. The van der Waals surface area contributed by atoms with E-state index in [4.69, 9.17) is 25.8 Å². The molecule has 1 atom stereocenters. The van der Waals surface area contributed by atoms with E-state index >= 15 is 0 Å². The number of nitrogens with one attached hydrogen (secondary N) is 2. The van der Waals surface area contributed by atoms with Gasteiger partial charge in [-0.15, -0.1) is 0 Å². The number of benzene rings is 2. The second kappa shape index (κ2) is 6.49. The van der Waals surface area contributed by atoms with Crippen molar-refractivity contribution >= 4 is 23.3 Å². The SMILES string of the molecule is COc1ccc(NC(=O)N[C@]2(C(F)(F)F)Oc3ccc(Cl)cc3O2)cc1. The van der Waals surface area contributed by atoms with Crippen LogP contribution in [0.5, 0.6) is 17.2 Å². The topological polar surface area (TPSA) is 68.8 Å². The number of carbonyl (C=O) groups is 1. The van der Waals surface area contributed by atoms with Crippen LogP contribution in [0.25, 0.3) is 0 Å². The third-order valence-corrected chi connectivity index (χ3v) is 3.65. The molecule has 0 fully saturated rings. The number of anilines is 1. The maximum absolute atomic E-state index is 13.5. The second-order valence-corrected chi connectivity index (χ2v) is 5.65. The van der Waals surface area contributed by atoms with Crippen molar-refractivity contribution in [3.8, 4) is 17.2 Å². The summed E-state index contributed by atoms with van der Waals surface area (Å²) >= 11 is 5.74. The smallest absolute Gasteiger partial charge is 0.492 e. The number of amides is 2. The summed E-state index contributed by atoms with van der Waals surface area (Å²) < 4.78 is 55.3. The Morgan fingerprint density at radius 2 is 1.77 bits per heavy atom. The lowest BCUT2D eigenvalue weighted by atomic mass is 10.3. The predicted octanol–water partition coefficient (Wildman–Crippen LogP) is 4.16. The number of carbonyl (C=O) groups excluding carboxylic acids is 1. The van der Waals surface area contributed by atoms with Gasteiger partial charge in [0.2, 0.25) is 0 Å². The fourth-order valence-electron chi connectivity index (χ4n) is 2.20. The zero-order valence-electron chi connectivity index (χ0n) is 13.2. The van der Waals surface area contributed by atoms with Crippen molar-refractivity contribution in [3.05, 3.63) is 47.5 Å². The molecule has 3 rings (SSSR count). The molecule has 2 aromatic rings. The lowest BCUT2D eigenvalue weighted by Gasteiger charge is -2.29. The predicted molar refractivity (Wildman–Crippen MR) is 86.6 cm³/mol. The van der Waals surface area contributed by atoms with E-state index in [1.54, 1.807) is 5.32 Å². The van der Waals surface area contributed by atoms with E-state index in [0.29, 0.717) is 5.75 Å². The van der Waals surface area contributed by atoms with Gasteiger partial charge in [0.15, 0.2) is 11.5 Å². The highest BCUT2D eigenvalue weighted by Crippen LogP contribution is 2.46. The number of urea groups is 1. The number of hydrogen-bond donors (Lipinski definition) is 2. The monoisotopic (exact) mass is 388 g/mol. The van der Waals surface area contributed by atoms with Gasteiger partial charge in [0, 0.05) is 16.8 Å². The molecule has 2 aromatic carbocycles. The first-order valence-corrected chi connectivity index (χ1v) is 7.58. The van der Waals surface area contributed by atoms with Crippen LogP contribution in [0.1, 0.15) is 0 Å². The van der Waals surface area contributed by atoms with Crippen LogP contribution < -0.4 is 24.8 Å². The minimum absolute atomic E-state index is 0.160. The van der Waals surface area contributed by atoms with Crippen LogP contribution in [-0.4, -0.2) is 25.2 Å². The van der Waals surface area contributed by atoms with Crippen molar-refractivity contribution in [2.45, 2.75) is 12.1 Å². The number of alkyl halides is 3. The number of hydrogen-bond acceptors (Lipinski definition) is 4. The summed E-state index contributed by atoms with van der Waals surface area (Å²) in [6.07, 6.45) is -5.06. The lowest BCUT2D eigenvalue weighted by molar-refractivity contribution is -0.317. The van der Waals surface area contributed by atoms with Gasteiger partial charge in [0.1, 0.15) is 5.75 Å². The fourth-order valence-corrected chi connectivity index (χ4v) is 2.36. The lowest BCUT2D eigenvalue weighted by Crippen LogP contribution is -2.65. The summed E-state index contributed by atoms with van der Waals surface area (Å²) in [5.41, 5.74) is 0.249. The second-order valence-electron chi connectivity index (χ2n) is 5.22. The molecular formula is C16H12ClF3N2O4. The molecular weight excluding hydrogens is 377 g/mol. The summed E-state index contributed by atoms with van der Waals surface area (Å²) in [4.78, 5) is 12.1. The molecule has 6 nitrogen and oxygen atoms in total. The van der Waals surface area contributed by atoms with Crippen LogP contribution in [0, 0.1) is 0 Å². The van der Waals surface area contributed by atoms with Crippen molar-refractivity contribution in [1.82, 2.24) is 5.32 Å². The molecule has 26 heavy (non-hydrogen) atoms.